The first-order valence-corrected chi connectivity index (χ1v) is 7.02. The van der Waals surface area contributed by atoms with Gasteiger partial charge in [-0.05, 0) is 30.2 Å². The van der Waals surface area contributed by atoms with Crippen LogP contribution in [0.25, 0.3) is 0 Å². The van der Waals surface area contributed by atoms with Gasteiger partial charge in [-0.1, -0.05) is 12.1 Å². The minimum atomic E-state index is -4.40. The number of halogens is 3. The Hall–Kier alpha value is -2.35. The van der Waals surface area contributed by atoms with Crippen molar-refractivity contribution < 1.29 is 23.1 Å². The van der Waals surface area contributed by atoms with E-state index in [0.29, 0.717) is 5.56 Å². The molecule has 5 nitrogen and oxygen atoms in total. The zero-order chi connectivity index (χ0) is 16.6. The van der Waals surface area contributed by atoms with Gasteiger partial charge in [-0.25, -0.2) is 0 Å². The molecule has 1 aliphatic rings. The number of hydrogen-bond acceptors (Lipinski definition) is 3. The molecule has 8 heteroatoms. The minimum absolute atomic E-state index is 0.129. The third kappa shape index (κ3) is 3.07. The van der Waals surface area contributed by atoms with Gasteiger partial charge in [0.05, 0.1) is 17.7 Å². The number of aliphatic hydroxyl groups excluding tert-OH is 1. The maximum atomic E-state index is 12.6. The van der Waals surface area contributed by atoms with E-state index in [2.05, 4.69) is 10.2 Å². The van der Waals surface area contributed by atoms with Crippen LogP contribution < -0.4 is 0 Å². The van der Waals surface area contributed by atoms with Crippen molar-refractivity contribution >= 4 is 5.91 Å². The molecular weight excluding hydrogens is 311 g/mol. The molecule has 2 atom stereocenters. The van der Waals surface area contributed by atoms with E-state index in [1.165, 1.54) is 29.3 Å². The van der Waals surface area contributed by atoms with E-state index >= 15 is 0 Å². The number of amides is 1. The number of aromatic nitrogens is 2. The van der Waals surface area contributed by atoms with Crippen LogP contribution in [0.15, 0.2) is 36.5 Å². The lowest BCUT2D eigenvalue weighted by atomic mass is 10.0. The number of hydrogen-bond donors (Lipinski definition) is 2. The summed E-state index contributed by atoms with van der Waals surface area (Å²) in [6.07, 6.45) is -3.40. The third-order valence-corrected chi connectivity index (χ3v) is 3.89. The van der Waals surface area contributed by atoms with Crippen molar-refractivity contribution in [3.8, 4) is 0 Å². The zero-order valence-electron chi connectivity index (χ0n) is 11.9. The number of rotatable bonds is 2. The Morgan fingerprint density at radius 1 is 1.26 bits per heavy atom. The van der Waals surface area contributed by atoms with Gasteiger partial charge in [0.25, 0.3) is 5.91 Å². The van der Waals surface area contributed by atoms with Crippen molar-refractivity contribution in [1.29, 1.82) is 0 Å². The minimum Gasteiger partial charge on any atom is -0.391 e. The molecule has 0 aliphatic carbocycles. The maximum absolute atomic E-state index is 12.6. The number of aliphatic hydroxyl groups is 1. The Labute approximate surface area is 129 Å². The van der Waals surface area contributed by atoms with Gasteiger partial charge in [0.15, 0.2) is 0 Å². The summed E-state index contributed by atoms with van der Waals surface area (Å²) in [5, 5.41) is 16.1. The molecule has 23 heavy (non-hydrogen) atoms. The number of nitrogens with one attached hydrogen (secondary N) is 1. The number of benzene rings is 1. The zero-order valence-corrected chi connectivity index (χ0v) is 11.9. The molecule has 1 aliphatic heterocycles. The number of aromatic amines is 1. The van der Waals surface area contributed by atoms with Gasteiger partial charge in [0.2, 0.25) is 0 Å². The van der Waals surface area contributed by atoms with Gasteiger partial charge in [0.1, 0.15) is 5.69 Å². The molecule has 0 bridgehead atoms. The number of nitrogens with zero attached hydrogens (tertiary/aromatic N) is 2. The Morgan fingerprint density at radius 2 is 1.96 bits per heavy atom. The molecule has 0 unspecified atom stereocenters. The molecule has 2 heterocycles. The smallest absolute Gasteiger partial charge is 0.391 e. The van der Waals surface area contributed by atoms with E-state index in [9.17, 15) is 23.1 Å². The van der Waals surface area contributed by atoms with Crippen LogP contribution in [0.3, 0.4) is 0 Å². The van der Waals surface area contributed by atoms with Gasteiger partial charge in [-0.15, -0.1) is 0 Å². The lowest BCUT2D eigenvalue weighted by molar-refractivity contribution is -0.137. The van der Waals surface area contributed by atoms with Gasteiger partial charge in [-0.2, -0.15) is 18.3 Å². The van der Waals surface area contributed by atoms with Crippen LogP contribution in [0.4, 0.5) is 13.2 Å². The molecule has 3 rings (SSSR count). The SMILES string of the molecule is O=C(c1ccn[nH]1)N1C[C@@H](O)C[C@H]1c1ccc(C(F)(F)F)cc1. The van der Waals surface area contributed by atoms with Crippen molar-refractivity contribution in [3.63, 3.8) is 0 Å². The summed E-state index contributed by atoms with van der Waals surface area (Å²) in [5.74, 6) is -0.344. The molecule has 2 aromatic rings. The Bertz CT molecular complexity index is 683. The second-order valence-electron chi connectivity index (χ2n) is 5.45. The summed E-state index contributed by atoms with van der Waals surface area (Å²) < 4.78 is 37.9. The highest BCUT2D eigenvalue weighted by atomic mass is 19.4. The van der Waals surface area contributed by atoms with E-state index in [4.69, 9.17) is 0 Å². The predicted molar refractivity (Wildman–Crippen MR) is 74.4 cm³/mol. The second-order valence-corrected chi connectivity index (χ2v) is 5.45. The monoisotopic (exact) mass is 325 g/mol. The topological polar surface area (TPSA) is 69.2 Å². The molecule has 0 radical (unpaired) electrons. The number of alkyl halides is 3. The number of likely N-dealkylation sites (tertiary alicyclic amines) is 1. The number of H-pyrrole nitrogens is 1. The lowest BCUT2D eigenvalue weighted by Gasteiger charge is -2.24. The van der Waals surface area contributed by atoms with Crippen molar-refractivity contribution in [2.75, 3.05) is 6.54 Å². The molecule has 1 fully saturated rings. The fraction of sp³-hybridized carbons (Fsp3) is 0.333. The molecule has 0 spiro atoms. The van der Waals surface area contributed by atoms with Crippen molar-refractivity contribution in [2.45, 2.75) is 24.7 Å². The molecule has 1 aromatic carbocycles. The van der Waals surface area contributed by atoms with Crippen LogP contribution in [-0.2, 0) is 6.18 Å². The normalized spacial score (nSPS) is 21.7. The highest BCUT2D eigenvalue weighted by Crippen LogP contribution is 2.35. The molecule has 122 valence electrons. The summed E-state index contributed by atoms with van der Waals surface area (Å²) in [4.78, 5) is 13.9. The first kappa shape index (κ1) is 15.5. The fourth-order valence-corrected chi connectivity index (χ4v) is 2.78. The molecule has 1 aromatic heterocycles. The number of β-amino-alcohol motifs (C(OH)–C–C–N with tert-alkyl or cyclic N) is 1. The standard InChI is InChI=1S/C15H14F3N3O2/c16-15(17,18)10-3-1-9(2-4-10)13-7-11(22)8-21(13)14(23)12-5-6-19-20-12/h1-6,11,13,22H,7-8H2,(H,19,20)/t11-,13-/m0/s1. The van der Waals surface area contributed by atoms with E-state index in [0.717, 1.165) is 12.1 Å². The summed E-state index contributed by atoms with van der Waals surface area (Å²) >= 11 is 0. The Kier molecular flexibility index (Phi) is 3.85. The van der Waals surface area contributed by atoms with Crippen LogP contribution in [0, 0.1) is 0 Å². The highest BCUT2D eigenvalue weighted by molar-refractivity contribution is 5.92. The third-order valence-electron chi connectivity index (χ3n) is 3.89. The Balaban J connectivity index is 1.86. The van der Waals surface area contributed by atoms with Crippen molar-refractivity contribution in [3.05, 3.63) is 53.3 Å². The second kappa shape index (κ2) is 5.69. The first-order chi connectivity index (χ1) is 10.9. The molecule has 1 amide bonds. The summed E-state index contributed by atoms with van der Waals surface area (Å²) in [6.45, 7) is 0.129. The van der Waals surface area contributed by atoms with E-state index in [1.807, 2.05) is 0 Å². The van der Waals surface area contributed by atoms with Crippen LogP contribution in [-0.4, -0.2) is 38.8 Å². The van der Waals surface area contributed by atoms with Gasteiger partial charge in [0, 0.05) is 12.7 Å². The number of carbonyl (C=O) groups excluding carboxylic acids is 1. The van der Waals surface area contributed by atoms with Crippen LogP contribution in [0.5, 0.6) is 0 Å². The molecule has 1 saturated heterocycles. The molecular formula is C15H14F3N3O2. The van der Waals surface area contributed by atoms with Crippen LogP contribution >= 0.6 is 0 Å². The molecule has 2 N–H and O–H groups in total. The fourth-order valence-electron chi connectivity index (χ4n) is 2.78. The van der Waals surface area contributed by atoms with E-state index in [1.54, 1.807) is 0 Å². The van der Waals surface area contributed by atoms with Crippen LogP contribution in [0.2, 0.25) is 0 Å². The Morgan fingerprint density at radius 3 is 2.52 bits per heavy atom. The summed E-state index contributed by atoms with van der Waals surface area (Å²) in [6, 6.07) is 5.70. The highest BCUT2D eigenvalue weighted by Gasteiger charge is 2.37. The van der Waals surface area contributed by atoms with Crippen molar-refractivity contribution in [2.24, 2.45) is 0 Å². The lowest BCUT2D eigenvalue weighted by Crippen LogP contribution is -2.32. The predicted octanol–water partition coefficient (Wildman–Crippen LogP) is 2.38. The maximum Gasteiger partial charge on any atom is 0.416 e. The van der Waals surface area contributed by atoms with Gasteiger partial charge >= 0.3 is 6.18 Å². The van der Waals surface area contributed by atoms with Crippen LogP contribution in [0.1, 0.15) is 34.1 Å². The average molecular weight is 325 g/mol. The largest absolute Gasteiger partial charge is 0.416 e. The molecule has 0 saturated carbocycles. The summed E-state index contributed by atoms with van der Waals surface area (Å²) in [5.41, 5.74) is 0.0877. The van der Waals surface area contributed by atoms with E-state index < -0.39 is 23.9 Å². The first-order valence-electron chi connectivity index (χ1n) is 7.02. The summed E-state index contributed by atoms with van der Waals surface area (Å²) in [7, 11) is 0. The quantitative estimate of drug-likeness (QED) is 0.891. The van der Waals surface area contributed by atoms with Crippen molar-refractivity contribution in [1.82, 2.24) is 15.1 Å². The van der Waals surface area contributed by atoms with Gasteiger partial charge < -0.3 is 10.0 Å². The average Bonchev–Trinajstić information content (AvgIpc) is 3.15. The number of carbonyl (C=O) groups is 1. The van der Waals surface area contributed by atoms with Gasteiger partial charge in [-0.3, -0.25) is 9.89 Å². The van der Waals surface area contributed by atoms with E-state index in [-0.39, 0.29) is 24.6 Å².